The summed E-state index contributed by atoms with van der Waals surface area (Å²) in [7, 11) is -0.608. The van der Waals surface area contributed by atoms with E-state index in [-0.39, 0.29) is 10.8 Å². The molecule has 26 heavy (non-hydrogen) atoms. The zero-order chi connectivity index (χ0) is 19.5. The maximum Gasteiger partial charge on any atom is 0.248 e. The average Bonchev–Trinajstić information content (AvgIpc) is 2.55. The van der Waals surface area contributed by atoms with Crippen LogP contribution >= 0.6 is 0 Å². The van der Waals surface area contributed by atoms with Crippen molar-refractivity contribution in [2.45, 2.75) is 25.7 Å². The molecule has 1 N–H and O–H groups in total. The molecule has 0 atom stereocenters. The molecule has 6 heteroatoms. The lowest BCUT2D eigenvalue weighted by atomic mass is 10.1. The van der Waals surface area contributed by atoms with Crippen LogP contribution in [0.3, 0.4) is 0 Å². The van der Waals surface area contributed by atoms with Gasteiger partial charge in [-0.3, -0.25) is 4.79 Å². The monoisotopic (exact) mass is 372 g/mol. The lowest BCUT2D eigenvalue weighted by molar-refractivity contribution is -0.111. The maximum absolute atomic E-state index is 12.3. The van der Waals surface area contributed by atoms with Crippen LogP contribution < -0.4 is 5.32 Å². The van der Waals surface area contributed by atoms with Crippen LogP contribution in [-0.2, 0) is 14.8 Å². The molecular formula is C20H24N2O3S. The molecule has 0 fully saturated rings. The molecule has 0 saturated carbocycles. The second-order valence-corrected chi connectivity index (χ2v) is 8.60. The third-order valence-corrected chi connectivity index (χ3v) is 5.90. The zero-order valence-corrected chi connectivity index (χ0v) is 16.5. The van der Waals surface area contributed by atoms with Gasteiger partial charge in [-0.15, -0.1) is 0 Å². The van der Waals surface area contributed by atoms with Gasteiger partial charge in [0.15, 0.2) is 0 Å². The van der Waals surface area contributed by atoms with Crippen LogP contribution in [0.2, 0.25) is 0 Å². The predicted molar refractivity (Wildman–Crippen MR) is 106 cm³/mol. The number of carbonyl (C=O) groups excluding carboxylic acids is 1. The number of aryl methyl sites for hydroxylation is 3. The van der Waals surface area contributed by atoms with E-state index in [4.69, 9.17) is 0 Å². The molecule has 138 valence electrons. The van der Waals surface area contributed by atoms with E-state index in [9.17, 15) is 13.2 Å². The first-order valence-electron chi connectivity index (χ1n) is 8.21. The van der Waals surface area contributed by atoms with Crippen molar-refractivity contribution in [1.82, 2.24) is 4.31 Å². The third-order valence-electron chi connectivity index (χ3n) is 4.09. The molecular weight excluding hydrogens is 348 g/mol. The van der Waals surface area contributed by atoms with Crippen molar-refractivity contribution in [3.63, 3.8) is 0 Å². The fourth-order valence-electron chi connectivity index (χ4n) is 2.46. The Hall–Kier alpha value is -2.44. The summed E-state index contributed by atoms with van der Waals surface area (Å²) in [5.74, 6) is -0.313. The largest absolute Gasteiger partial charge is 0.322 e. The number of nitrogens with one attached hydrogen (secondary N) is 1. The molecule has 0 saturated heterocycles. The fraction of sp³-hybridized carbons (Fsp3) is 0.250. The van der Waals surface area contributed by atoms with E-state index in [2.05, 4.69) is 11.4 Å². The van der Waals surface area contributed by atoms with Gasteiger partial charge in [0, 0.05) is 25.9 Å². The van der Waals surface area contributed by atoms with Crippen molar-refractivity contribution in [3.8, 4) is 0 Å². The number of amides is 1. The summed E-state index contributed by atoms with van der Waals surface area (Å²) in [6.45, 7) is 5.82. The predicted octanol–water partition coefficient (Wildman–Crippen LogP) is 3.51. The summed E-state index contributed by atoms with van der Waals surface area (Å²) in [6, 6.07) is 10.7. The number of nitrogens with zero attached hydrogens (tertiary/aromatic N) is 1. The van der Waals surface area contributed by atoms with E-state index in [0.29, 0.717) is 5.69 Å². The SMILES string of the molecule is Cc1ccc(/C=C/C(=O)Nc2cc(S(=O)(=O)N(C)C)ccc2C)c(C)c1. The Morgan fingerprint density at radius 1 is 1.00 bits per heavy atom. The van der Waals surface area contributed by atoms with Gasteiger partial charge < -0.3 is 5.32 Å². The van der Waals surface area contributed by atoms with E-state index in [0.717, 1.165) is 21.0 Å². The molecule has 0 heterocycles. The van der Waals surface area contributed by atoms with Gasteiger partial charge in [0.2, 0.25) is 15.9 Å². The number of hydrogen-bond acceptors (Lipinski definition) is 3. The summed E-state index contributed by atoms with van der Waals surface area (Å²) in [5.41, 5.74) is 4.48. The fourth-order valence-corrected chi connectivity index (χ4v) is 3.39. The van der Waals surface area contributed by atoms with Gasteiger partial charge >= 0.3 is 0 Å². The second kappa shape index (κ2) is 7.85. The van der Waals surface area contributed by atoms with Crippen molar-refractivity contribution >= 4 is 27.7 Å². The van der Waals surface area contributed by atoms with Gasteiger partial charge in [0.05, 0.1) is 4.90 Å². The molecule has 0 spiro atoms. The van der Waals surface area contributed by atoms with Crippen molar-refractivity contribution in [2.75, 3.05) is 19.4 Å². The number of carbonyl (C=O) groups is 1. The van der Waals surface area contributed by atoms with Crippen LogP contribution in [-0.4, -0.2) is 32.7 Å². The minimum absolute atomic E-state index is 0.141. The summed E-state index contributed by atoms with van der Waals surface area (Å²) in [4.78, 5) is 12.4. The van der Waals surface area contributed by atoms with Gasteiger partial charge in [0.1, 0.15) is 0 Å². The highest BCUT2D eigenvalue weighted by Crippen LogP contribution is 2.22. The van der Waals surface area contributed by atoms with Crippen molar-refractivity contribution < 1.29 is 13.2 Å². The van der Waals surface area contributed by atoms with E-state index >= 15 is 0 Å². The Balaban J connectivity index is 2.22. The smallest absolute Gasteiger partial charge is 0.248 e. The van der Waals surface area contributed by atoms with Gasteiger partial charge in [-0.25, -0.2) is 12.7 Å². The summed E-state index contributed by atoms with van der Waals surface area (Å²) in [6.07, 6.45) is 3.20. The number of rotatable bonds is 5. The number of anilines is 1. The Morgan fingerprint density at radius 3 is 2.31 bits per heavy atom. The lowest BCUT2D eigenvalue weighted by Gasteiger charge is -2.14. The summed E-state index contributed by atoms with van der Waals surface area (Å²) < 4.78 is 25.7. The molecule has 0 aliphatic carbocycles. The molecule has 0 bridgehead atoms. The third kappa shape index (κ3) is 4.59. The van der Waals surface area contributed by atoms with Gasteiger partial charge in [0.25, 0.3) is 0 Å². The number of sulfonamides is 1. The van der Waals surface area contributed by atoms with E-state index < -0.39 is 10.0 Å². The first-order valence-corrected chi connectivity index (χ1v) is 9.65. The van der Waals surface area contributed by atoms with E-state index in [1.54, 1.807) is 12.1 Å². The van der Waals surface area contributed by atoms with Crippen LogP contribution in [0.15, 0.2) is 47.4 Å². The molecule has 2 rings (SSSR count). The Morgan fingerprint density at radius 2 is 1.69 bits per heavy atom. The Bertz CT molecular complexity index is 961. The van der Waals surface area contributed by atoms with Crippen LogP contribution in [0.5, 0.6) is 0 Å². The quantitative estimate of drug-likeness (QED) is 0.817. The number of hydrogen-bond donors (Lipinski definition) is 1. The zero-order valence-electron chi connectivity index (χ0n) is 15.7. The Kier molecular flexibility index (Phi) is 6.00. The lowest BCUT2D eigenvalue weighted by Crippen LogP contribution is -2.22. The molecule has 0 aliphatic heterocycles. The second-order valence-electron chi connectivity index (χ2n) is 6.45. The molecule has 0 unspecified atom stereocenters. The van der Waals surface area contributed by atoms with E-state index in [1.165, 1.54) is 37.9 Å². The minimum Gasteiger partial charge on any atom is -0.322 e. The molecule has 1 amide bonds. The van der Waals surface area contributed by atoms with Crippen molar-refractivity contribution in [1.29, 1.82) is 0 Å². The highest BCUT2D eigenvalue weighted by atomic mass is 32.2. The first kappa shape index (κ1) is 19.9. The normalized spacial score (nSPS) is 11.9. The molecule has 0 aliphatic rings. The van der Waals surface area contributed by atoms with Gasteiger partial charge in [-0.1, -0.05) is 29.8 Å². The summed E-state index contributed by atoms with van der Waals surface area (Å²) in [5, 5.41) is 2.75. The molecule has 2 aromatic carbocycles. The van der Waals surface area contributed by atoms with E-state index in [1.807, 2.05) is 32.9 Å². The van der Waals surface area contributed by atoms with Crippen molar-refractivity contribution in [3.05, 3.63) is 64.7 Å². The highest BCUT2D eigenvalue weighted by Gasteiger charge is 2.18. The van der Waals surface area contributed by atoms with Gasteiger partial charge in [-0.05, 0) is 55.7 Å². The first-order chi connectivity index (χ1) is 12.1. The average molecular weight is 372 g/mol. The molecule has 5 nitrogen and oxygen atoms in total. The standard InChI is InChI=1S/C20H24N2O3S/c1-14-6-8-17(16(3)12-14)9-11-20(23)21-19-13-18(10-7-15(19)2)26(24,25)22(4)5/h6-13H,1-5H3,(H,21,23)/b11-9+. The molecule has 2 aromatic rings. The minimum atomic E-state index is -3.55. The van der Waals surface area contributed by atoms with Crippen molar-refractivity contribution in [2.24, 2.45) is 0 Å². The topological polar surface area (TPSA) is 66.5 Å². The van der Waals surface area contributed by atoms with Crippen LogP contribution in [0.25, 0.3) is 6.08 Å². The van der Waals surface area contributed by atoms with Crippen LogP contribution in [0.1, 0.15) is 22.3 Å². The Labute approximate surface area is 155 Å². The van der Waals surface area contributed by atoms with Crippen LogP contribution in [0, 0.1) is 20.8 Å². The highest BCUT2D eigenvalue weighted by molar-refractivity contribution is 7.89. The molecule has 0 radical (unpaired) electrons. The maximum atomic E-state index is 12.3. The van der Waals surface area contributed by atoms with Gasteiger partial charge in [-0.2, -0.15) is 0 Å². The number of benzene rings is 2. The van der Waals surface area contributed by atoms with Crippen LogP contribution in [0.4, 0.5) is 5.69 Å². The molecule has 0 aromatic heterocycles. The summed E-state index contributed by atoms with van der Waals surface area (Å²) >= 11 is 0.